The summed E-state index contributed by atoms with van der Waals surface area (Å²) in [7, 11) is -2.55. The molecular formula is C21H23ClFNO4S2. The SMILES string of the molecule is COc1cc(CC(=S)CCC(=O)C(C)(C)c2ccc(S(N)(=O)=O)c(Cl)c2)ccc1F. The molecule has 0 spiro atoms. The van der Waals surface area contributed by atoms with E-state index in [9.17, 15) is 17.6 Å². The molecule has 0 saturated heterocycles. The molecule has 0 aliphatic carbocycles. The second-order valence-corrected chi connectivity index (χ2v) is 9.94. The third-order valence-electron chi connectivity index (χ3n) is 4.90. The number of halogens is 2. The lowest BCUT2D eigenvalue weighted by Crippen LogP contribution is -2.29. The van der Waals surface area contributed by atoms with Gasteiger partial charge in [0.2, 0.25) is 10.0 Å². The number of thiocarbonyl (C=S) groups is 1. The Morgan fingerprint density at radius 1 is 1.20 bits per heavy atom. The fourth-order valence-electron chi connectivity index (χ4n) is 2.98. The molecule has 0 bridgehead atoms. The average molecular weight is 472 g/mol. The first-order valence-corrected chi connectivity index (χ1v) is 11.4. The van der Waals surface area contributed by atoms with Gasteiger partial charge in [-0.15, -0.1) is 0 Å². The van der Waals surface area contributed by atoms with Gasteiger partial charge in [0.1, 0.15) is 10.7 Å². The van der Waals surface area contributed by atoms with Crippen LogP contribution in [0.15, 0.2) is 41.3 Å². The number of hydrogen-bond acceptors (Lipinski definition) is 5. The predicted molar refractivity (Wildman–Crippen MR) is 119 cm³/mol. The summed E-state index contributed by atoms with van der Waals surface area (Å²) in [6, 6.07) is 8.82. The quantitative estimate of drug-likeness (QED) is 0.548. The molecule has 5 nitrogen and oxygen atoms in total. The Morgan fingerprint density at radius 3 is 2.43 bits per heavy atom. The molecule has 2 aromatic carbocycles. The van der Waals surface area contributed by atoms with Crippen molar-refractivity contribution in [2.45, 2.75) is 43.4 Å². The summed E-state index contributed by atoms with van der Waals surface area (Å²) in [5.41, 5.74) is 0.490. The third kappa shape index (κ3) is 5.85. The van der Waals surface area contributed by atoms with Gasteiger partial charge < -0.3 is 4.74 Å². The van der Waals surface area contributed by atoms with Crippen molar-refractivity contribution < 1.29 is 22.3 Å². The molecule has 0 aliphatic heterocycles. The number of sulfonamides is 1. The Kier molecular flexibility index (Phi) is 7.74. The van der Waals surface area contributed by atoms with Gasteiger partial charge in [-0.1, -0.05) is 36.0 Å². The van der Waals surface area contributed by atoms with Crippen LogP contribution in [0.5, 0.6) is 5.75 Å². The second-order valence-electron chi connectivity index (χ2n) is 7.42. The van der Waals surface area contributed by atoms with E-state index >= 15 is 0 Å². The summed E-state index contributed by atoms with van der Waals surface area (Å²) < 4.78 is 41.5. The van der Waals surface area contributed by atoms with Crippen molar-refractivity contribution in [1.29, 1.82) is 0 Å². The molecule has 0 aromatic heterocycles. The molecule has 2 aromatic rings. The third-order valence-corrected chi connectivity index (χ3v) is 6.65. The minimum atomic E-state index is -3.94. The van der Waals surface area contributed by atoms with Crippen molar-refractivity contribution in [3.63, 3.8) is 0 Å². The van der Waals surface area contributed by atoms with Gasteiger partial charge in [-0.25, -0.2) is 17.9 Å². The first kappa shape index (κ1) is 24.4. The highest BCUT2D eigenvalue weighted by molar-refractivity contribution is 7.89. The second kappa shape index (κ2) is 9.51. The predicted octanol–water partition coefficient (Wildman–Crippen LogP) is 4.37. The highest BCUT2D eigenvalue weighted by Crippen LogP contribution is 2.31. The molecule has 9 heteroatoms. The van der Waals surface area contributed by atoms with Gasteiger partial charge in [0.05, 0.1) is 12.1 Å². The lowest BCUT2D eigenvalue weighted by Gasteiger charge is -2.24. The van der Waals surface area contributed by atoms with Gasteiger partial charge in [0.25, 0.3) is 0 Å². The van der Waals surface area contributed by atoms with Crippen molar-refractivity contribution in [2.24, 2.45) is 5.14 Å². The molecule has 0 aliphatic rings. The molecule has 162 valence electrons. The molecule has 0 radical (unpaired) electrons. The molecular weight excluding hydrogens is 449 g/mol. The number of hydrogen-bond donors (Lipinski definition) is 1. The minimum Gasteiger partial charge on any atom is -0.494 e. The summed E-state index contributed by atoms with van der Waals surface area (Å²) in [6.07, 6.45) is 1.02. The maximum Gasteiger partial charge on any atom is 0.239 e. The van der Waals surface area contributed by atoms with E-state index in [0.29, 0.717) is 23.3 Å². The van der Waals surface area contributed by atoms with Crippen LogP contribution in [0.1, 0.15) is 37.8 Å². The van der Waals surface area contributed by atoms with Crippen LogP contribution in [0.2, 0.25) is 5.02 Å². The van der Waals surface area contributed by atoms with Gasteiger partial charge in [0, 0.05) is 18.3 Å². The highest BCUT2D eigenvalue weighted by Gasteiger charge is 2.30. The monoisotopic (exact) mass is 471 g/mol. The van der Waals surface area contributed by atoms with E-state index in [1.165, 1.54) is 31.4 Å². The number of nitrogens with two attached hydrogens (primary N) is 1. The van der Waals surface area contributed by atoms with Crippen molar-refractivity contribution in [3.8, 4) is 5.75 Å². The summed E-state index contributed by atoms with van der Waals surface area (Å²) in [6.45, 7) is 3.48. The molecule has 0 fully saturated rings. The van der Waals surface area contributed by atoms with Crippen LogP contribution >= 0.6 is 23.8 Å². The molecule has 2 N–H and O–H groups in total. The Labute approximate surface area is 186 Å². The number of benzene rings is 2. The van der Waals surface area contributed by atoms with Crippen LogP contribution in [0.25, 0.3) is 0 Å². The van der Waals surface area contributed by atoms with E-state index in [4.69, 9.17) is 33.7 Å². The molecule has 0 saturated carbocycles. The summed E-state index contributed by atoms with van der Waals surface area (Å²) >= 11 is 11.4. The normalized spacial score (nSPS) is 11.9. The van der Waals surface area contributed by atoms with E-state index in [1.54, 1.807) is 26.0 Å². The van der Waals surface area contributed by atoms with Crippen LogP contribution in [0.4, 0.5) is 4.39 Å². The summed E-state index contributed by atoms with van der Waals surface area (Å²) in [4.78, 5) is 13.3. The first-order valence-electron chi connectivity index (χ1n) is 9.06. The fraction of sp³-hybridized carbons (Fsp3) is 0.333. The number of Topliss-reactive ketones (excluding diaryl/α,β-unsaturated/α-hetero) is 1. The smallest absolute Gasteiger partial charge is 0.239 e. The van der Waals surface area contributed by atoms with E-state index < -0.39 is 21.3 Å². The van der Waals surface area contributed by atoms with E-state index in [1.807, 2.05) is 0 Å². The molecule has 0 amide bonds. The average Bonchev–Trinajstić information content (AvgIpc) is 2.66. The van der Waals surface area contributed by atoms with E-state index in [2.05, 4.69) is 0 Å². The minimum absolute atomic E-state index is 0.0309. The van der Waals surface area contributed by atoms with Crippen LogP contribution < -0.4 is 9.88 Å². The maximum absolute atomic E-state index is 13.5. The van der Waals surface area contributed by atoms with Crippen LogP contribution in [0.3, 0.4) is 0 Å². The number of rotatable bonds is 9. The zero-order valence-electron chi connectivity index (χ0n) is 16.9. The molecule has 2 rings (SSSR count). The Morgan fingerprint density at radius 2 is 1.87 bits per heavy atom. The zero-order valence-corrected chi connectivity index (χ0v) is 19.3. The van der Waals surface area contributed by atoms with Crippen LogP contribution in [-0.2, 0) is 26.7 Å². The Hall–Kier alpha value is -1.87. The molecule has 0 heterocycles. The topological polar surface area (TPSA) is 86.5 Å². The van der Waals surface area contributed by atoms with E-state index in [0.717, 1.165) is 5.56 Å². The van der Waals surface area contributed by atoms with Gasteiger partial charge in [-0.2, -0.15) is 0 Å². The van der Waals surface area contributed by atoms with Crippen LogP contribution in [0, 0.1) is 5.82 Å². The highest BCUT2D eigenvalue weighted by atomic mass is 35.5. The van der Waals surface area contributed by atoms with Crippen LogP contribution in [-0.4, -0.2) is 26.2 Å². The Balaban J connectivity index is 2.06. The standard InChI is InChI=1S/C21H23ClFNO4S2/c1-21(2,14-5-8-19(16(22)12-14)30(24,26)27)20(25)9-6-15(29)10-13-4-7-17(23)18(11-13)28-3/h4-5,7-8,11-12H,6,9-10H2,1-3H3,(H2,24,26,27). The molecule has 30 heavy (non-hydrogen) atoms. The number of carbonyl (C=O) groups is 1. The van der Waals surface area contributed by atoms with Crippen molar-refractivity contribution in [3.05, 3.63) is 58.4 Å². The van der Waals surface area contributed by atoms with Gasteiger partial charge in [0.15, 0.2) is 11.6 Å². The first-order chi connectivity index (χ1) is 13.9. The Bertz CT molecular complexity index is 1080. The number of carbonyl (C=O) groups excluding carboxylic acids is 1. The van der Waals surface area contributed by atoms with Gasteiger partial charge in [-0.05, 0) is 60.5 Å². The van der Waals surface area contributed by atoms with Crippen molar-refractivity contribution in [2.75, 3.05) is 7.11 Å². The lowest BCUT2D eigenvalue weighted by molar-refractivity contribution is -0.123. The number of methoxy groups -OCH3 is 1. The fourth-order valence-corrected chi connectivity index (χ4v) is 4.34. The number of ether oxygens (including phenoxy) is 1. The lowest BCUT2D eigenvalue weighted by atomic mass is 9.79. The molecule has 0 atom stereocenters. The largest absolute Gasteiger partial charge is 0.494 e. The number of ketones is 1. The number of primary sulfonamides is 1. The van der Waals surface area contributed by atoms with Crippen molar-refractivity contribution in [1.82, 2.24) is 0 Å². The molecule has 0 unspecified atom stereocenters. The maximum atomic E-state index is 13.5. The summed E-state index contributed by atoms with van der Waals surface area (Å²) in [5.74, 6) is -0.371. The van der Waals surface area contributed by atoms with E-state index in [-0.39, 0.29) is 27.9 Å². The van der Waals surface area contributed by atoms with Gasteiger partial charge in [-0.3, -0.25) is 4.79 Å². The summed E-state index contributed by atoms with van der Waals surface area (Å²) in [5, 5.41) is 5.09. The van der Waals surface area contributed by atoms with Gasteiger partial charge >= 0.3 is 0 Å². The zero-order chi connectivity index (χ0) is 22.7. The van der Waals surface area contributed by atoms with Crippen molar-refractivity contribution >= 4 is 44.5 Å².